The summed E-state index contributed by atoms with van der Waals surface area (Å²) in [5.41, 5.74) is 15.4. The highest BCUT2D eigenvalue weighted by Crippen LogP contribution is 2.39. The van der Waals surface area contributed by atoms with E-state index in [0.29, 0.717) is 0 Å². The number of nitrogens with two attached hydrogens (primary N) is 3. The number of carboxylic acids is 1. The molecule has 158 valence electrons. The Morgan fingerprint density at radius 2 is 2.13 bits per heavy atom. The Morgan fingerprint density at radius 1 is 1.40 bits per heavy atom. The summed E-state index contributed by atoms with van der Waals surface area (Å²) in [7, 11) is 0. The van der Waals surface area contributed by atoms with Crippen LogP contribution in [0.25, 0.3) is 0 Å². The molecule has 0 bridgehead atoms. The Balaban J connectivity index is 1.78. The zero-order chi connectivity index (χ0) is 22.0. The third-order valence-electron chi connectivity index (χ3n) is 3.95. The molecular weight excluding hydrogens is 438 g/mol. The number of anilines is 1. The number of oxime groups is 1. The number of hydrogen-bond acceptors (Lipinski definition) is 11. The Labute approximate surface area is 176 Å². The summed E-state index contributed by atoms with van der Waals surface area (Å²) < 4.78 is 0. The van der Waals surface area contributed by atoms with Crippen LogP contribution in [0, 0.1) is 0 Å². The quantitative estimate of drug-likeness (QED) is 0.0902. The number of carbonyl (C=O) groups is 3. The average molecular weight is 453 g/mol. The number of nitrogen functional groups attached to an aromatic ring is 1. The maximum Gasteiger partial charge on any atom is 0.353 e. The summed E-state index contributed by atoms with van der Waals surface area (Å²) in [5.74, 6) is -2.99. The van der Waals surface area contributed by atoms with Crippen LogP contribution in [0.5, 0.6) is 0 Å². The van der Waals surface area contributed by atoms with Gasteiger partial charge in [-0.25, -0.2) is 9.78 Å². The highest BCUT2D eigenvalue weighted by Gasteiger charge is 2.54. The Morgan fingerprint density at radius 3 is 2.70 bits per heavy atom. The molecule has 1 aromatic rings. The number of aliphatic carboxylic acids is 1. The van der Waals surface area contributed by atoms with Crippen molar-refractivity contribution in [2.45, 2.75) is 11.4 Å². The number of thiazole rings is 1. The number of β-lactam (4-membered cyclic amide) rings is 1. The highest BCUT2D eigenvalue weighted by molar-refractivity contribution is 8.00. The first-order chi connectivity index (χ1) is 14.2. The first kappa shape index (κ1) is 21.1. The number of carboxylic acid groups (broad SMARTS) is 1. The number of rotatable bonds is 6. The summed E-state index contributed by atoms with van der Waals surface area (Å²) in [6.07, 6.45) is 1.15. The number of nitrogens with zero attached hydrogens (tertiary/aromatic N) is 5. The van der Waals surface area contributed by atoms with E-state index in [-0.39, 0.29) is 33.8 Å². The fourth-order valence-corrected chi connectivity index (χ4v) is 4.57. The van der Waals surface area contributed by atoms with Crippen LogP contribution < -0.4 is 22.5 Å². The third-order valence-corrected chi connectivity index (χ3v) is 5.93. The standard InChI is InChI=1S/C14H15N9O5S2/c15-13(16)21-18-1-4-2-29-11-7(10(25)23(11)8(4)12(26)27)20-9(24)6(22-28)5-3-30-14(17)19-5/h1,3,7,11,28H,2H2,(H2,17,19)(H,20,24)(H,26,27)(H4,15,16,21)/b18-1+,22-6-/t7-,11-/m1/s1. The van der Waals surface area contributed by atoms with Crippen LogP contribution in [0.1, 0.15) is 5.69 Å². The minimum atomic E-state index is -1.35. The van der Waals surface area contributed by atoms with E-state index >= 15 is 0 Å². The molecule has 2 amide bonds. The van der Waals surface area contributed by atoms with Gasteiger partial charge in [-0.1, -0.05) is 5.16 Å². The number of guanidine groups is 1. The summed E-state index contributed by atoms with van der Waals surface area (Å²) in [4.78, 5) is 41.6. The lowest BCUT2D eigenvalue weighted by molar-refractivity contribution is -0.150. The second kappa shape index (κ2) is 8.37. The topological polar surface area (TPSA) is 235 Å². The van der Waals surface area contributed by atoms with Crippen molar-refractivity contribution in [2.75, 3.05) is 11.5 Å². The average Bonchev–Trinajstić information content (AvgIpc) is 3.11. The lowest BCUT2D eigenvalue weighted by Crippen LogP contribution is -2.71. The normalized spacial score (nSPS) is 21.3. The highest BCUT2D eigenvalue weighted by atomic mass is 32.2. The lowest BCUT2D eigenvalue weighted by Gasteiger charge is -2.49. The summed E-state index contributed by atoms with van der Waals surface area (Å²) in [6.45, 7) is 0. The largest absolute Gasteiger partial charge is 0.477 e. The number of amides is 2. The van der Waals surface area contributed by atoms with E-state index in [1.165, 1.54) is 17.1 Å². The van der Waals surface area contributed by atoms with Gasteiger partial charge in [0.2, 0.25) is 5.96 Å². The van der Waals surface area contributed by atoms with E-state index in [2.05, 4.69) is 25.7 Å². The van der Waals surface area contributed by atoms with Crippen molar-refractivity contribution in [3.63, 3.8) is 0 Å². The molecule has 16 heteroatoms. The second-order valence-corrected chi connectivity index (χ2v) is 7.82. The third kappa shape index (κ3) is 3.90. The molecule has 0 spiro atoms. The molecule has 2 atom stereocenters. The first-order valence-electron chi connectivity index (χ1n) is 8.02. The molecule has 0 saturated carbocycles. The van der Waals surface area contributed by atoms with Gasteiger partial charge in [-0.15, -0.1) is 28.2 Å². The fourth-order valence-electron chi connectivity index (χ4n) is 2.73. The van der Waals surface area contributed by atoms with Crippen molar-refractivity contribution in [1.82, 2.24) is 15.2 Å². The maximum absolute atomic E-state index is 12.6. The van der Waals surface area contributed by atoms with Crippen molar-refractivity contribution < 1.29 is 24.7 Å². The summed E-state index contributed by atoms with van der Waals surface area (Å²) >= 11 is 2.25. The molecule has 2 aliphatic rings. The molecule has 0 radical (unpaired) electrons. The van der Waals surface area contributed by atoms with E-state index in [1.54, 1.807) is 0 Å². The molecule has 1 fully saturated rings. The van der Waals surface area contributed by atoms with Gasteiger partial charge in [0.25, 0.3) is 11.8 Å². The molecule has 3 rings (SSSR count). The van der Waals surface area contributed by atoms with Gasteiger partial charge >= 0.3 is 5.97 Å². The SMILES string of the molecule is NC(N)=N/N=C/C1=C(C(=O)O)N2C(=O)[C@@H](NC(=O)/C(=N\O)c3csc(N)n3)[C@H]2SC1. The molecule has 2 aliphatic heterocycles. The lowest BCUT2D eigenvalue weighted by atomic mass is 10.0. The number of nitrogens with one attached hydrogen (secondary N) is 1. The van der Waals surface area contributed by atoms with E-state index < -0.39 is 34.9 Å². The minimum Gasteiger partial charge on any atom is -0.477 e. The van der Waals surface area contributed by atoms with Gasteiger partial charge < -0.3 is 32.8 Å². The summed E-state index contributed by atoms with van der Waals surface area (Å²) in [6, 6.07) is -1.03. The molecular formula is C14H15N9O5S2. The Kier molecular flexibility index (Phi) is 5.88. The zero-order valence-corrected chi connectivity index (χ0v) is 16.6. The van der Waals surface area contributed by atoms with Gasteiger partial charge in [0.15, 0.2) is 10.8 Å². The smallest absolute Gasteiger partial charge is 0.353 e. The molecule has 1 aromatic heterocycles. The summed E-state index contributed by atoms with van der Waals surface area (Å²) in [5, 5.41) is 31.9. The van der Waals surface area contributed by atoms with E-state index in [9.17, 15) is 19.5 Å². The predicted octanol–water partition coefficient (Wildman–Crippen LogP) is -2.10. The van der Waals surface area contributed by atoms with E-state index in [1.807, 2.05) is 0 Å². The van der Waals surface area contributed by atoms with Crippen molar-refractivity contribution in [2.24, 2.45) is 26.8 Å². The first-order valence-corrected chi connectivity index (χ1v) is 9.94. The van der Waals surface area contributed by atoms with Gasteiger partial charge in [-0.2, -0.15) is 5.10 Å². The Bertz CT molecular complexity index is 1030. The molecule has 3 heterocycles. The number of aromatic nitrogens is 1. The van der Waals surface area contributed by atoms with Gasteiger partial charge in [0, 0.05) is 16.7 Å². The number of hydrogen-bond donors (Lipinski definition) is 6. The van der Waals surface area contributed by atoms with Crippen LogP contribution >= 0.6 is 23.1 Å². The molecule has 0 aliphatic carbocycles. The fraction of sp³-hybridized carbons (Fsp3) is 0.214. The molecule has 14 nitrogen and oxygen atoms in total. The van der Waals surface area contributed by atoms with Gasteiger partial charge in [-0.05, 0) is 0 Å². The van der Waals surface area contributed by atoms with Gasteiger partial charge in [0.05, 0.1) is 6.21 Å². The van der Waals surface area contributed by atoms with Crippen molar-refractivity contribution >= 4 is 63.9 Å². The zero-order valence-electron chi connectivity index (χ0n) is 14.9. The van der Waals surface area contributed by atoms with Crippen LogP contribution in [-0.2, 0) is 14.4 Å². The van der Waals surface area contributed by atoms with Gasteiger partial charge in [0.1, 0.15) is 22.8 Å². The van der Waals surface area contributed by atoms with Gasteiger partial charge in [-0.3, -0.25) is 14.5 Å². The van der Waals surface area contributed by atoms with Crippen LogP contribution in [0.4, 0.5) is 5.13 Å². The Hall–Kier alpha value is -3.66. The van der Waals surface area contributed by atoms with E-state index in [4.69, 9.17) is 22.4 Å². The van der Waals surface area contributed by atoms with Crippen LogP contribution in [0.2, 0.25) is 0 Å². The monoisotopic (exact) mass is 453 g/mol. The van der Waals surface area contributed by atoms with E-state index in [0.717, 1.165) is 22.5 Å². The molecule has 9 N–H and O–H groups in total. The van der Waals surface area contributed by atoms with Crippen molar-refractivity contribution in [3.05, 3.63) is 22.3 Å². The van der Waals surface area contributed by atoms with Crippen molar-refractivity contribution in [3.8, 4) is 0 Å². The minimum absolute atomic E-state index is 0.0433. The second-order valence-electron chi connectivity index (χ2n) is 5.83. The predicted molar refractivity (Wildman–Crippen MR) is 109 cm³/mol. The number of thioether (sulfide) groups is 1. The maximum atomic E-state index is 12.6. The number of carbonyl (C=O) groups excluding carboxylic acids is 2. The molecule has 0 unspecified atom stereocenters. The van der Waals surface area contributed by atoms with Crippen LogP contribution in [0.3, 0.4) is 0 Å². The van der Waals surface area contributed by atoms with Crippen LogP contribution in [-0.4, -0.2) is 73.0 Å². The molecule has 0 aromatic carbocycles. The molecule has 30 heavy (non-hydrogen) atoms. The van der Waals surface area contributed by atoms with Crippen molar-refractivity contribution in [1.29, 1.82) is 0 Å². The number of fused-ring (bicyclic) bond motifs is 1. The molecule has 1 saturated heterocycles. The van der Waals surface area contributed by atoms with Crippen LogP contribution in [0.15, 0.2) is 32.0 Å².